The summed E-state index contributed by atoms with van der Waals surface area (Å²) in [4.78, 5) is 17.7. The summed E-state index contributed by atoms with van der Waals surface area (Å²) >= 11 is 0. The Balaban J connectivity index is 2.08. The van der Waals surface area contributed by atoms with E-state index in [2.05, 4.69) is 9.71 Å². The third kappa shape index (κ3) is 4.07. The van der Waals surface area contributed by atoms with Gasteiger partial charge in [-0.3, -0.25) is 9.52 Å². The minimum Gasteiger partial charge on any atom is -0.340 e. The maximum Gasteiger partial charge on any atom is 0.260 e. The van der Waals surface area contributed by atoms with Gasteiger partial charge < -0.3 is 9.47 Å². The summed E-state index contributed by atoms with van der Waals surface area (Å²) in [5.74, 6) is -2.11. The van der Waals surface area contributed by atoms with Gasteiger partial charge in [0.1, 0.15) is 11.5 Å². The molecule has 154 valence electrons. The average molecular weight is 422 g/mol. The van der Waals surface area contributed by atoms with Gasteiger partial charge in [0.15, 0.2) is 5.82 Å². The average Bonchev–Trinajstić information content (AvgIpc) is 2.67. The Labute approximate surface area is 166 Å². The molecule has 0 unspecified atom stereocenters. The van der Waals surface area contributed by atoms with Gasteiger partial charge in [0, 0.05) is 19.8 Å². The smallest absolute Gasteiger partial charge is 0.260 e. The van der Waals surface area contributed by atoms with Crippen LogP contribution in [0, 0.1) is 11.6 Å². The molecule has 0 aliphatic rings. The number of nitrogens with zero attached hydrogens (tertiary/aromatic N) is 3. The van der Waals surface area contributed by atoms with E-state index < -0.39 is 27.3 Å². The van der Waals surface area contributed by atoms with Crippen molar-refractivity contribution in [2.75, 3.05) is 22.4 Å². The van der Waals surface area contributed by atoms with Gasteiger partial charge in [0.05, 0.1) is 28.7 Å². The van der Waals surface area contributed by atoms with Crippen molar-refractivity contribution in [1.29, 1.82) is 0 Å². The van der Waals surface area contributed by atoms with Crippen molar-refractivity contribution in [3.05, 3.63) is 58.6 Å². The van der Waals surface area contributed by atoms with Crippen LogP contribution >= 0.6 is 0 Å². The van der Waals surface area contributed by atoms with Crippen LogP contribution in [-0.4, -0.2) is 30.8 Å². The number of nitrogens with one attached hydrogen (secondary N) is 1. The zero-order valence-corrected chi connectivity index (χ0v) is 16.9. The van der Waals surface area contributed by atoms with Crippen molar-refractivity contribution < 1.29 is 17.2 Å². The highest BCUT2D eigenvalue weighted by Crippen LogP contribution is 2.34. The molecule has 10 heteroatoms. The molecule has 0 aliphatic carbocycles. The summed E-state index contributed by atoms with van der Waals surface area (Å²) in [5.41, 5.74) is -0.296. The predicted molar refractivity (Wildman–Crippen MR) is 109 cm³/mol. The van der Waals surface area contributed by atoms with Gasteiger partial charge in [-0.2, -0.15) is 0 Å². The lowest BCUT2D eigenvalue weighted by molar-refractivity contribution is 0.583. The molecule has 7 nitrogen and oxygen atoms in total. The van der Waals surface area contributed by atoms with Gasteiger partial charge in [0.2, 0.25) is 10.0 Å². The molecular formula is C19H20F2N4O3S. The minimum absolute atomic E-state index is 0.185. The molecule has 0 aliphatic heterocycles. The van der Waals surface area contributed by atoms with Gasteiger partial charge in [-0.25, -0.2) is 22.2 Å². The first kappa shape index (κ1) is 20.7. The minimum atomic E-state index is -3.75. The van der Waals surface area contributed by atoms with Crippen LogP contribution in [0.25, 0.3) is 10.9 Å². The lowest BCUT2D eigenvalue weighted by atomic mass is 10.1. The molecule has 0 saturated carbocycles. The lowest BCUT2D eigenvalue weighted by Gasteiger charge is -2.22. The van der Waals surface area contributed by atoms with E-state index in [4.69, 9.17) is 0 Å². The maximum absolute atomic E-state index is 15.0. The van der Waals surface area contributed by atoms with E-state index in [0.717, 1.165) is 12.1 Å². The molecule has 3 rings (SSSR count). The van der Waals surface area contributed by atoms with Gasteiger partial charge in [0.25, 0.3) is 5.56 Å². The quantitative estimate of drug-likeness (QED) is 0.660. The molecular weight excluding hydrogens is 402 g/mol. The number of hydrogen-bond donors (Lipinski definition) is 1. The largest absolute Gasteiger partial charge is 0.340 e. The van der Waals surface area contributed by atoms with Crippen LogP contribution < -0.4 is 15.2 Å². The topological polar surface area (TPSA) is 84.3 Å². The van der Waals surface area contributed by atoms with Crippen LogP contribution in [0.2, 0.25) is 0 Å². The highest BCUT2D eigenvalue weighted by molar-refractivity contribution is 7.92. The normalized spacial score (nSPS) is 11.6. The second-order valence-corrected chi connectivity index (χ2v) is 8.44. The summed E-state index contributed by atoms with van der Waals surface area (Å²) in [6.45, 7) is 1.68. The summed E-state index contributed by atoms with van der Waals surface area (Å²) in [6.07, 6.45) is 1.74. The zero-order valence-electron chi connectivity index (χ0n) is 16.1. The van der Waals surface area contributed by atoms with E-state index in [9.17, 15) is 17.6 Å². The molecule has 2 aromatic carbocycles. The number of anilines is 3. The van der Waals surface area contributed by atoms with Gasteiger partial charge in [-0.1, -0.05) is 6.92 Å². The Bertz CT molecular complexity index is 1240. The lowest BCUT2D eigenvalue weighted by Crippen LogP contribution is -2.20. The highest BCUT2D eigenvalue weighted by Gasteiger charge is 2.21. The first-order chi connectivity index (χ1) is 13.6. The second-order valence-electron chi connectivity index (χ2n) is 6.60. The maximum atomic E-state index is 15.0. The van der Waals surface area contributed by atoms with Crippen LogP contribution in [0.4, 0.5) is 25.8 Å². The van der Waals surface area contributed by atoms with E-state index in [-0.39, 0.29) is 17.0 Å². The Morgan fingerprint density at radius 1 is 1.21 bits per heavy atom. The SMILES string of the molecule is CCCS(=O)(=O)Nc1ccc(F)c(N(C)c2ccc3ncn(C)c(=O)c3c2)c1F. The molecule has 0 radical (unpaired) electrons. The number of rotatable bonds is 6. The molecule has 0 saturated heterocycles. The number of aryl methyl sites for hydroxylation is 1. The van der Waals surface area contributed by atoms with Crippen LogP contribution in [0.1, 0.15) is 13.3 Å². The van der Waals surface area contributed by atoms with Gasteiger partial charge >= 0.3 is 0 Å². The molecule has 0 fully saturated rings. The molecule has 1 N–H and O–H groups in total. The fourth-order valence-corrected chi connectivity index (χ4v) is 4.08. The van der Waals surface area contributed by atoms with Crippen LogP contribution in [0.5, 0.6) is 0 Å². The molecule has 0 amide bonds. The van der Waals surface area contributed by atoms with Crippen molar-refractivity contribution in [3.63, 3.8) is 0 Å². The first-order valence-corrected chi connectivity index (χ1v) is 10.5. The van der Waals surface area contributed by atoms with E-state index in [1.807, 2.05) is 0 Å². The van der Waals surface area contributed by atoms with Gasteiger partial charge in [-0.15, -0.1) is 0 Å². The Morgan fingerprint density at radius 2 is 1.93 bits per heavy atom. The number of aromatic nitrogens is 2. The first-order valence-electron chi connectivity index (χ1n) is 8.82. The number of hydrogen-bond acceptors (Lipinski definition) is 5. The molecule has 1 aromatic heterocycles. The summed E-state index contributed by atoms with van der Waals surface area (Å²) < 4.78 is 56.9. The van der Waals surface area contributed by atoms with Gasteiger partial charge in [-0.05, 0) is 36.8 Å². The predicted octanol–water partition coefficient (Wildman–Crippen LogP) is 3.13. The van der Waals surface area contributed by atoms with Crippen molar-refractivity contribution in [1.82, 2.24) is 9.55 Å². The number of sulfonamides is 1. The van der Waals surface area contributed by atoms with E-state index >= 15 is 4.39 Å². The van der Waals surface area contributed by atoms with Crippen LogP contribution in [0.3, 0.4) is 0 Å². The fourth-order valence-electron chi connectivity index (χ4n) is 2.95. The van der Waals surface area contributed by atoms with Crippen molar-refractivity contribution in [2.24, 2.45) is 7.05 Å². The van der Waals surface area contributed by atoms with Crippen molar-refractivity contribution in [3.8, 4) is 0 Å². The van der Waals surface area contributed by atoms with Crippen molar-refractivity contribution in [2.45, 2.75) is 13.3 Å². The summed E-state index contributed by atoms with van der Waals surface area (Å²) in [6, 6.07) is 6.65. The third-order valence-corrected chi connectivity index (χ3v) is 5.91. The Hall–Kier alpha value is -3.01. The molecule has 29 heavy (non-hydrogen) atoms. The number of fused-ring (bicyclic) bond motifs is 1. The summed E-state index contributed by atoms with van der Waals surface area (Å²) in [5, 5.41) is 0.292. The Morgan fingerprint density at radius 3 is 2.62 bits per heavy atom. The fraction of sp³-hybridized carbons (Fsp3) is 0.263. The Kier molecular flexibility index (Phi) is 5.56. The van der Waals surface area contributed by atoms with Crippen LogP contribution in [-0.2, 0) is 17.1 Å². The standard InChI is InChI=1S/C19H20F2N4O3S/c1-4-9-29(27,28)23-16-8-6-14(20)18(17(16)21)25(3)12-5-7-15-13(10-12)19(26)24(2)11-22-15/h5-8,10-11,23H,4,9H2,1-3H3. The van der Waals surface area contributed by atoms with Crippen LogP contribution in [0.15, 0.2) is 41.5 Å². The number of halogens is 2. The molecule has 0 spiro atoms. The highest BCUT2D eigenvalue weighted by atomic mass is 32.2. The second kappa shape index (κ2) is 7.78. The molecule has 1 heterocycles. The van der Waals surface area contributed by atoms with E-state index in [1.165, 1.54) is 28.9 Å². The van der Waals surface area contributed by atoms with E-state index in [0.29, 0.717) is 23.0 Å². The molecule has 0 atom stereocenters. The summed E-state index contributed by atoms with van der Waals surface area (Å²) in [7, 11) is -0.773. The number of benzene rings is 2. The molecule has 0 bridgehead atoms. The zero-order chi connectivity index (χ0) is 21.3. The van der Waals surface area contributed by atoms with E-state index in [1.54, 1.807) is 26.1 Å². The monoisotopic (exact) mass is 422 g/mol. The molecule has 3 aromatic rings. The third-order valence-electron chi connectivity index (χ3n) is 4.43. The van der Waals surface area contributed by atoms with Crippen molar-refractivity contribution >= 4 is 38.0 Å².